The number of carbonyl (C=O) groups is 1. The Balaban J connectivity index is 0.00000169. The van der Waals surface area contributed by atoms with Gasteiger partial charge in [0.15, 0.2) is 0 Å². The quantitative estimate of drug-likeness (QED) is 0.854. The van der Waals surface area contributed by atoms with Crippen LogP contribution in [0.3, 0.4) is 0 Å². The number of hydrogen-bond acceptors (Lipinski definition) is 2. The van der Waals surface area contributed by atoms with Gasteiger partial charge in [-0.1, -0.05) is 0 Å². The molecule has 0 unspecified atom stereocenters. The zero-order valence-corrected chi connectivity index (χ0v) is 7.80. The molecule has 78 valence electrons. The second-order valence-corrected chi connectivity index (χ2v) is 2.45. The fraction of sp³-hybridized carbons (Fsp3) is 0.250. The highest BCUT2D eigenvalue weighted by molar-refractivity contribution is 5.85. The number of alkyl halides is 2. The van der Waals surface area contributed by atoms with Crippen molar-refractivity contribution in [1.29, 1.82) is 0 Å². The van der Waals surface area contributed by atoms with Crippen molar-refractivity contribution < 1.29 is 18.7 Å². The van der Waals surface area contributed by atoms with Gasteiger partial charge in [-0.05, 0) is 12.1 Å². The first kappa shape index (κ1) is 12.8. The highest BCUT2D eigenvalue weighted by atomic mass is 35.5. The number of halogens is 3. The molecule has 1 aromatic heterocycles. The lowest BCUT2D eigenvalue weighted by molar-refractivity contribution is -0.136. The largest absolute Gasteiger partial charge is 0.481 e. The normalized spacial score (nSPS) is 9.64. The van der Waals surface area contributed by atoms with Gasteiger partial charge >= 0.3 is 5.97 Å². The van der Waals surface area contributed by atoms with E-state index in [2.05, 4.69) is 4.98 Å². The minimum atomic E-state index is -2.56. The molecule has 0 saturated carbocycles. The number of rotatable bonds is 3. The fourth-order valence-corrected chi connectivity index (χ4v) is 0.825. The molecule has 1 aromatic rings. The number of nitrogens with zero attached hydrogens (tertiary/aromatic N) is 1. The van der Waals surface area contributed by atoms with Crippen molar-refractivity contribution in [1.82, 2.24) is 4.98 Å². The van der Waals surface area contributed by atoms with E-state index in [9.17, 15) is 13.6 Å². The Morgan fingerprint density at radius 3 is 2.50 bits per heavy atom. The molecule has 0 saturated heterocycles. The van der Waals surface area contributed by atoms with Gasteiger partial charge in [0.05, 0.1) is 12.1 Å². The predicted molar refractivity (Wildman–Crippen MR) is 47.8 cm³/mol. The highest BCUT2D eigenvalue weighted by Crippen LogP contribution is 2.17. The first-order chi connectivity index (χ1) is 6.09. The number of pyridine rings is 1. The number of hydrogen-bond donors (Lipinski definition) is 1. The third-order valence-corrected chi connectivity index (χ3v) is 1.43. The molecule has 0 radical (unpaired) electrons. The third-order valence-electron chi connectivity index (χ3n) is 1.43. The molecule has 0 fully saturated rings. The molecule has 0 atom stereocenters. The smallest absolute Gasteiger partial charge is 0.309 e. The minimum Gasteiger partial charge on any atom is -0.481 e. The summed E-state index contributed by atoms with van der Waals surface area (Å²) in [7, 11) is 0. The Hall–Kier alpha value is -1.23. The summed E-state index contributed by atoms with van der Waals surface area (Å²) in [4.78, 5) is 13.8. The van der Waals surface area contributed by atoms with Gasteiger partial charge in [-0.25, -0.2) is 8.78 Å². The maximum absolute atomic E-state index is 12.0. The van der Waals surface area contributed by atoms with E-state index in [0.717, 1.165) is 6.20 Å². The van der Waals surface area contributed by atoms with Crippen LogP contribution in [-0.4, -0.2) is 16.1 Å². The fourth-order valence-electron chi connectivity index (χ4n) is 0.825. The zero-order valence-electron chi connectivity index (χ0n) is 6.98. The highest BCUT2D eigenvalue weighted by Gasteiger charge is 2.07. The number of carboxylic acids is 1. The van der Waals surface area contributed by atoms with Crippen LogP contribution in [0.25, 0.3) is 0 Å². The lowest BCUT2D eigenvalue weighted by Crippen LogP contribution is -2.02. The molecule has 0 aliphatic carbocycles. The van der Waals surface area contributed by atoms with Crippen molar-refractivity contribution in [3.63, 3.8) is 0 Å². The number of aliphatic carboxylic acids is 1. The van der Waals surface area contributed by atoms with Crippen molar-refractivity contribution in [3.05, 3.63) is 29.6 Å². The van der Waals surface area contributed by atoms with Gasteiger partial charge in [-0.3, -0.25) is 9.78 Å². The Bertz CT molecular complexity index is 303. The zero-order chi connectivity index (χ0) is 9.84. The van der Waals surface area contributed by atoms with Gasteiger partial charge in [0.1, 0.15) is 0 Å². The minimum absolute atomic E-state index is 0. The van der Waals surface area contributed by atoms with Crippen LogP contribution >= 0.6 is 12.4 Å². The van der Waals surface area contributed by atoms with E-state index in [-0.39, 0.29) is 30.1 Å². The van der Waals surface area contributed by atoms with Crippen molar-refractivity contribution >= 4 is 18.4 Å². The van der Waals surface area contributed by atoms with E-state index in [4.69, 9.17) is 5.11 Å². The predicted octanol–water partition coefficient (Wildman–Crippen LogP) is 2.07. The topological polar surface area (TPSA) is 50.2 Å². The van der Waals surface area contributed by atoms with Crippen molar-refractivity contribution in [2.24, 2.45) is 0 Å². The molecule has 0 bridgehead atoms. The first-order valence-corrected chi connectivity index (χ1v) is 3.54. The summed E-state index contributed by atoms with van der Waals surface area (Å²) in [6, 6.07) is 2.46. The second-order valence-electron chi connectivity index (χ2n) is 2.45. The van der Waals surface area contributed by atoms with E-state index in [1.54, 1.807) is 0 Å². The van der Waals surface area contributed by atoms with E-state index in [1.807, 2.05) is 0 Å². The van der Waals surface area contributed by atoms with Crippen molar-refractivity contribution in [3.8, 4) is 0 Å². The van der Waals surface area contributed by atoms with Crippen LogP contribution in [0.15, 0.2) is 18.3 Å². The molecule has 6 heteroatoms. The van der Waals surface area contributed by atoms with Crippen LogP contribution in [0, 0.1) is 0 Å². The average Bonchev–Trinajstić information content (AvgIpc) is 2.04. The Labute approximate surface area is 85.2 Å². The summed E-state index contributed by atoms with van der Waals surface area (Å²) in [5, 5.41) is 8.36. The molecule has 1 rings (SSSR count). The SMILES string of the molecule is Cl.O=C(O)Cc1ccc(C(F)F)cn1. The molecule has 0 aromatic carbocycles. The van der Waals surface area contributed by atoms with Gasteiger partial charge in [0.25, 0.3) is 6.43 Å². The Morgan fingerprint density at radius 1 is 1.50 bits per heavy atom. The third kappa shape index (κ3) is 3.66. The summed E-state index contributed by atoms with van der Waals surface area (Å²) in [6.45, 7) is 0. The Kier molecular flexibility index (Phi) is 5.01. The lowest BCUT2D eigenvalue weighted by atomic mass is 10.2. The molecule has 0 aliphatic rings. The van der Waals surface area contributed by atoms with E-state index < -0.39 is 12.4 Å². The van der Waals surface area contributed by atoms with Crippen LogP contribution in [0.5, 0.6) is 0 Å². The summed E-state index contributed by atoms with van der Waals surface area (Å²) in [6.07, 6.45) is -1.82. The van der Waals surface area contributed by atoms with E-state index in [0.29, 0.717) is 0 Å². The average molecular weight is 224 g/mol. The standard InChI is InChI=1S/C8H7F2NO2.ClH/c9-8(10)5-1-2-6(11-4-5)3-7(12)13;/h1-2,4,8H,3H2,(H,12,13);1H. The van der Waals surface area contributed by atoms with Gasteiger partial charge in [0, 0.05) is 11.8 Å². The van der Waals surface area contributed by atoms with Gasteiger partial charge in [-0.15, -0.1) is 12.4 Å². The van der Waals surface area contributed by atoms with Crippen LogP contribution in [0.2, 0.25) is 0 Å². The van der Waals surface area contributed by atoms with Crippen LogP contribution < -0.4 is 0 Å². The molecule has 1 heterocycles. The second kappa shape index (κ2) is 5.49. The molecule has 1 N–H and O–H groups in total. The van der Waals surface area contributed by atoms with Crippen LogP contribution in [0.4, 0.5) is 8.78 Å². The van der Waals surface area contributed by atoms with Crippen molar-refractivity contribution in [2.45, 2.75) is 12.8 Å². The van der Waals surface area contributed by atoms with Crippen LogP contribution in [0.1, 0.15) is 17.7 Å². The first-order valence-electron chi connectivity index (χ1n) is 3.54. The van der Waals surface area contributed by atoms with Crippen molar-refractivity contribution in [2.75, 3.05) is 0 Å². The summed E-state index contributed by atoms with van der Waals surface area (Å²) < 4.78 is 24.0. The molecule has 3 nitrogen and oxygen atoms in total. The van der Waals surface area contributed by atoms with E-state index in [1.165, 1.54) is 12.1 Å². The summed E-state index contributed by atoms with van der Waals surface area (Å²) >= 11 is 0. The Morgan fingerprint density at radius 2 is 2.14 bits per heavy atom. The lowest BCUT2D eigenvalue weighted by Gasteiger charge is -1.99. The molecule has 14 heavy (non-hydrogen) atoms. The van der Waals surface area contributed by atoms with E-state index >= 15 is 0 Å². The molecular formula is C8H8ClF2NO2. The number of carboxylic acid groups (broad SMARTS) is 1. The summed E-state index contributed by atoms with van der Waals surface area (Å²) in [5.74, 6) is -1.03. The maximum Gasteiger partial charge on any atom is 0.309 e. The van der Waals surface area contributed by atoms with Crippen LogP contribution in [-0.2, 0) is 11.2 Å². The van der Waals surface area contributed by atoms with Gasteiger partial charge in [0.2, 0.25) is 0 Å². The summed E-state index contributed by atoms with van der Waals surface area (Å²) in [5.41, 5.74) is 0.0750. The number of aromatic nitrogens is 1. The molecular weight excluding hydrogens is 216 g/mol. The van der Waals surface area contributed by atoms with Gasteiger partial charge in [-0.2, -0.15) is 0 Å². The maximum atomic E-state index is 12.0. The van der Waals surface area contributed by atoms with Gasteiger partial charge < -0.3 is 5.11 Å². The molecule has 0 spiro atoms. The molecule has 0 aliphatic heterocycles. The monoisotopic (exact) mass is 223 g/mol. The molecule has 0 amide bonds.